The Kier molecular flexibility index (Phi) is 8.19. The number of rotatable bonds is 8. The molecule has 15 heteroatoms. The minimum Gasteiger partial charge on any atom is -0.744 e. The minimum atomic E-state index is -5.18. The number of nitrogens with one attached hydrogen (secondary N) is 1. The predicted molar refractivity (Wildman–Crippen MR) is 187 cm³/mol. The van der Waals surface area contributed by atoms with Gasteiger partial charge in [-0.1, -0.05) is 6.07 Å². The Morgan fingerprint density at radius 3 is 2.33 bits per heavy atom. The van der Waals surface area contributed by atoms with Crippen molar-refractivity contribution in [2.24, 2.45) is 0 Å². The van der Waals surface area contributed by atoms with Gasteiger partial charge in [0.25, 0.3) is 0 Å². The maximum absolute atomic E-state index is 13.3. The summed E-state index contributed by atoms with van der Waals surface area (Å²) in [4.78, 5) is 1.40. The van der Waals surface area contributed by atoms with Crippen molar-refractivity contribution in [3.05, 3.63) is 74.3 Å². The molecule has 5 heterocycles. The van der Waals surface area contributed by atoms with Gasteiger partial charge in [-0.05, 0) is 79.1 Å². The number of fused-ring (bicyclic) bond motifs is 4. The summed E-state index contributed by atoms with van der Waals surface area (Å²) in [5, 5.41) is 1.92. The van der Waals surface area contributed by atoms with E-state index in [0.29, 0.717) is 27.9 Å². The average Bonchev–Trinajstić information content (AvgIpc) is 3.06. The first kappa shape index (κ1) is 33.2. The molecule has 0 spiro atoms. The summed E-state index contributed by atoms with van der Waals surface area (Å²) < 4.78 is 101. The number of ether oxygens (including phenoxy) is 1. The van der Waals surface area contributed by atoms with Crippen LogP contribution in [0.4, 0.5) is 5.69 Å². The largest absolute Gasteiger partial charge is 0.744 e. The van der Waals surface area contributed by atoms with Gasteiger partial charge in [0.15, 0.2) is 8.87 Å². The van der Waals surface area contributed by atoms with Crippen LogP contribution in [0.5, 0.6) is 11.5 Å². The third-order valence-electron chi connectivity index (χ3n) is 10.2. The fourth-order valence-corrected chi connectivity index (χ4v) is 12.0. The number of aryl methyl sites for hydroxylation is 2. The molecule has 11 nitrogen and oxygen atoms in total. The summed E-state index contributed by atoms with van der Waals surface area (Å²) in [5.74, 6) is 1.34. The second kappa shape index (κ2) is 12.1. The molecule has 49 heavy (non-hydrogen) atoms. The van der Waals surface area contributed by atoms with Crippen LogP contribution in [0.2, 0.25) is 0 Å². The molecule has 1 N–H and O–H groups in total. The van der Waals surface area contributed by atoms with E-state index in [-0.39, 0.29) is 17.9 Å². The molecule has 260 valence electrons. The Bertz CT molecular complexity index is 2400. The number of benzene rings is 3. The molecule has 0 atom stereocenters. The number of hydrogen-bond acceptors (Lipinski definition) is 10. The Morgan fingerprint density at radius 2 is 1.57 bits per heavy atom. The Balaban J connectivity index is 1.39. The summed E-state index contributed by atoms with van der Waals surface area (Å²) in [6, 6.07) is 7.85. The molecule has 0 amide bonds. The van der Waals surface area contributed by atoms with E-state index < -0.39 is 38.8 Å². The maximum atomic E-state index is 13.3. The van der Waals surface area contributed by atoms with Crippen LogP contribution in [0.25, 0.3) is 5.57 Å². The van der Waals surface area contributed by atoms with E-state index in [4.69, 9.17) is 4.74 Å². The molecule has 5 aliphatic rings. The van der Waals surface area contributed by atoms with Gasteiger partial charge in [0.05, 0.1) is 15.4 Å². The normalized spacial score (nSPS) is 18.3. The summed E-state index contributed by atoms with van der Waals surface area (Å²) in [5.41, 5.74) is 7.15. The first-order valence-electron chi connectivity index (χ1n) is 16.7. The molecule has 3 aromatic carbocycles. The average molecular weight is 744 g/mol. The molecule has 0 saturated carbocycles. The van der Waals surface area contributed by atoms with E-state index in [1.807, 2.05) is 0 Å². The van der Waals surface area contributed by atoms with Crippen molar-refractivity contribution in [2.45, 2.75) is 61.2 Å². The molecule has 3 aromatic rings. The standard InChI is InChI=1S/C34H37N3O8S4/c1-47(38,39)46-17-12-35-48(40,41)23-10-11-24(29(20-23)49(42,43)44)30-27-18-21-6-2-13-36-15-4-8-25(31(21)36)33(27)45-34-26-9-5-16-37-14-3-7-22(32(26)37)19-28(30)34/h10-11,18-20,35H,2-9,12-17H2,1H3. The van der Waals surface area contributed by atoms with Crippen molar-refractivity contribution in [1.29, 1.82) is 0 Å². The summed E-state index contributed by atoms with van der Waals surface area (Å²) in [7, 11) is -12.2. The van der Waals surface area contributed by atoms with Crippen molar-refractivity contribution in [1.82, 2.24) is 9.30 Å². The number of sulfonamides is 1. The van der Waals surface area contributed by atoms with E-state index >= 15 is 0 Å². The van der Waals surface area contributed by atoms with Gasteiger partial charge in [0, 0.05) is 83.2 Å². The van der Waals surface area contributed by atoms with Crippen molar-refractivity contribution >= 4 is 51.1 Å². The third kappa shape index (κ3) is 5.89. The van der Waals surface area contributed by atoms with Crippen molar-refractivity contribution in [2.75, 3.05) is 49.6 Å². The fraction of sp³-hybridized carbons (Fsp3) is 0.441. The molecule has 0 saturated heterocycles. The number of anilines is 1. The van der Waals surface area contributed by atoms with Gasteiger partial charge >= 0.3 is 0 Å². The SMILES string of the molecule is CS(=O)(=O)SCCNS(=O)(=O)c1ccc(C2=c3cc4c5c(c3Oc3c2cc2c6c3CCCN6CCC2)CCC[N+]=5CCC4)c(S(=O)(=O)[O-])c1. The molecule has 0 fully saturated rings. The first-order chi connectivity index (χ1) is 23.3. The predicted octanol–water partition coefficient (Wildman–Crippen LogP) is 2.00. The highest BCUT2D eigenvalue weighted by molar-refractivity contribution is 8.71. The van der Waals surface area contributed by atoms with E-state index in [1.165, 1.54) is 23.2 Å². The zero-order valence-corrected chi connectivity index (χ0v) is 30.3. The molecule has 0 aliphatic carbocycles. The van der Waals surface area contributed by atoms with Gasteiger partial charge in [-0.3, -0.25) is 0 Å². The smallest absolute Gasteiger partial charge is 0.240 e. The molecule has 0 unspecified atom stereocenters. The van der Waals surface area contributed by atoms with Crippen LogP contribution in [0, 0.1) is 0 Å². The molecule has 0 bridgehead atoms. The monoisotopic (exact) mass is 743 g/mol. The molecule has 0 aromatic heterocycles. The Hall–Kier alpha value is -2.95. The lowest BCUT2D eigenvalue weighted by Crippen LogP contribution is -2.45. The summed E-state index contributed by atoms with van der Waals surface area (Å²) >= 11 is 0. The molecule has 8 rings (SSSR count). The van der Waals surface area contributed by atoms with Gasteiger partial charge in [-0.25, -0.2) is 34.6 Å². The number of hydrogen-bond donors (Lipinski definition) is 1. The summed E-state index contributed by atoms with van der Waals surface area (Å²) in [6.45, 7) is 3.67. The lowest BCUT2D eigenvalue weighted by atomic mass is 9.82. The molecular weight excluding hydrogens is 707 g/mol. The van der Waals surface area contributed by atoms with E-state index in [9.17, 15) is 29.8 Å². The second-order valence-corrected chi connectivity index (χ2v) is 21.1. The first-order valence-corrected chi connectivity index (χ1v) is 23.0. The van der Waals surface area contributed by atoms with Crippen LogP contribution >= 0.6 is 10.8 Å². The van der Waals surface area contributed by atoms with Gasteiger partial charge in [0.1, 0.15) is 34.7 Å². The van der Waals surface area contributed by atoms with Gasteiger partial charge in [-0.2, -0.15) is 0 Å². The highest BCUT2D eigenvalue weighted by atomic mass is 33.1. The highest BCUT2D eigenvalue weighted by Crippen LogP contribution is 2.49. The quantitative estimate of drug-likeness (QED) is 0.123. The van der Waals surface area contributed by atoms with Crippen LogP contribution in [0.3, 0.4) is 0 Å². The Labute approximate surface area is 290 Å². The zero-order chi connectivity index (χ0) is 34.3. The Morgan fingerprint density at radius 1 is 0.857 bits per heavy atom. The maximum Gasteiger partial charge on any atom is 0.240 e. The molecule has 0 radical (unpaired) electrons. The lowest BCUT2D eigenvalue weighted by molar-refractivity contribution is 0.431. The highest BCUT2D eigenvalue weighted by Gasteiger charge is 2.36. The lowest BCUT2D eigenvalue weighted by Gasteiger charge is -2.39. The molecular formula is C34H37N3O8S4. The third-order valence-corrected chi connectivity index (χ3v) is 15.1. The van der Waals surface area contributed by atoms with Crippen molar-refractivity contribution in [3.63, 3.8) is 0 Å². The number of nitrogens with zero attached hydrogens (tertiary/aromatic N) is 2. The van der Waals surface area contributed by atoms with Gasteiger partial charge in [0.2, 0.25) is 15.4 Å². The van der Waals surface area contributed by atoms with Crippen LogP contribution in [0.1, 0.15) is 59.1 Å². The van der Waals surface area contributed by atoms with Crippen LogP contribution in [-0.4, -0.2) is 74.5 Å². The van der Waals surface area contributed by atoms with E-state index in [0.717, 1.165) is 123 Å². The van der Waals surface area contributed by atoms with Gasteiger partial charge in [-0.15, -0.1) is 0 Å². The van der Waals surface area contributed by atoms with E-state index in [2.05, 4.69) is 26.3 Å². The van der Waals surface area contributed by atoms with Crippen LogP contribution in [-0.2, 0) is 54.7 Å². The van der Waals surface area contributed by atoms with E-state index in [1.54, 1.807) is 0 Å². The van der Waals surface area contributed by atoms with Crippen molar-refractivity contribution < 1.29 is 34.5 Å². The molecule has 5 aliphatic heterocycles. The minimum absolute atomic E-state index is 0.0392. The fourth-order valence-electron chi connectivity index (χ4n) is 8.34. The van der Waals surface area contributed by atoms with Crippen LogP contribution in [0.15, 0.2) is 40.1 Å². The topological polar surface area (TPSA) is 153 Å². The zero-order valence-electron chi connectivity index (χ0n) is 27.1. The van der Waals surface area contributed by atoms with Crippen molar-refractivity contribution in [3.8, 4) is 11.5 Å². The van der Waals surface area contributed by atoms with Gasteiger partial charge < -0.3 is 14.2 Å². The van der Waals surface area contributed by atoms with Crippen LogP contribution < -0.4 is 29.5 Å². The summed E-state index contributed by atoms with van der Waals surface area (Å²) in [6.07, 6.45) is 8.29. The second-order valence-electron chi connectivity index (χ2n) is 13.4.